The topological polar surface area (TPSA) is 74.2 Å². The number of aliphatic hydroxyl groups is 1. The third-order valence-corrected chi connectivity index (χ3v) is 6.20. The Balaban J connectivity index is 1.40. The van der Waals surface area contributed by atoms with Crippen LogP contribution >= 0.6 is 11.3 Å². The van der Waals surface area contributed by atoms with Crippen molar-refractivity contribution in [2.45, 2.75) is 31.0 Å². The smallest absolute Gasteiger partial charge is 0.383 e. The van der Waals surface area contributed by atoms with Crippen LogP contribution < -0.4 is 10.6 Å². The Labute approximate surface area is 174 Å². The van der Waals surface area contributed by atoms with Crippen molar-refractivity contribution in [1.82, 2.24) is 4.98 Å². The van der Waals surface area contributed by atoms with Crippen molar-refractivity contribution in [2.24, 2.45) is 0 Å². The fourth-order valence-corrected chi connectivity index (χ4v) is 4.20. The molecule has 4 rings (SSSR count). The molecule has 5 nitrogen and oxygen atoms in total. The molecule has 3 aromatic rings. The molecule has 156 valence electrons. The first-order valence-corrected chi connectivity index (χ1v) is 10.1. The number of halogens is 3. The standard InChI is InChI=1S/C21H18F3N3O2S/c22-21(23,24)14-3-1-4-16(11-14)27-19(28)26-15-7-5-13(6-8-15)17-12-25-18(30-17)20(29)9-2-10-20/h1,3-8,11-12,29H,2,9-10H2,(H2,26,27,28). The summed E-state index contributed by atoms with van der Waals surface area (Å²) in [4.78, 5) is 17.4. The molecule has 0 saturated heterocycles. The maximum atomic E-state index is 12.8. The maximum absolute atomic E-state index is 12.8. The van der Waals surface area contributed by atoms with Crippen molar-refractivity contribution in [3.05, 3.63) is 65.3 Å². The minimum Gasteiger partial charge on any atom is -0.383 e. The Morgan fingerprint density at radius 3 is 2.40 bits per heavy atom. The number of benzene rings is 2. The van der Waals surface area contributed by atoms with E-state index in [4.69, 9.17) is 0 Å². The molecule has 1 saturated carbocycles. The molecule has 9 heteroatoms. The van der Waals surface area contributed by atoms with Crippen LogP contribution in [0.4, 0.5) is 29.3 Å². The number of nitrogens with zero attached hydrogens (tertiary/aromatic N) is 1. The van der Waals surface area contributed by atoms with Gasteiger partial charge in [0.15, 0.2) is 0 Å². The van der Waals surface area contributed by atoms with Gasteiger partial charge in [-0.15, -0.1) is 11.3 Å². The van der Waals surface area contributed by atoms with Gasteiger partial charge in [0.1, 0.15) is 10.6 Å². The zero-order valence-electron chi connectivity index (χ0n) is 15.7. The van der Waals surface area contributed by atoms with Gasteiger partial charge in [0.25, 0.3) is 0 Å². The lowest BCUT2D eigenvalue weighted by atomic mass is 9.81. The van der Waals surface area contributed by atoms with Gasteiger partial charge >= 0.3 is 12.2 Å². The molecular weight excluding hydrogens is 415 g/mol. The average molecular weight is 433 g/mol. The highest BCUT2D eigenvalue weighted by Gasteiger charge is 2.39. The number of carbonyl (C=O) groups is 1. The number of hydrogen-bond acceptors (Lipinski definition) is 4. The van der Waals surface area contributed by atoms with Crippen LogP contribution in [-0.2, 0) is 11.8 Å². The fraction of sp³-hybridized carbons (Fsp3) is 0.238. The largest absolute Gasteiger partial charge is 0.416 e. The number of carbonyl (C=O) groups excluding carboxylic acids is 1. The lowest BCUT2D eigenvalue weighted by Crippen LogP contribution is -2.33. The monoisotopic (exact) mass is 433 g/mol. The van der Waals surface area contributed by atoms with Gasteiger partial charge in [-0.25, -0.2) is 9.78 Å². The highest BCUT2D eigenvalue weighted by Crippen LogP contribution is 2.44. The van der Waals surface area contributed by atoms with Crippen LogP contribution in [-0.4, -0.2) is 16.1 Å². The summed E-state index contributed by atoms with van der Waals surface area (Å²) in [5.74, 6) is 0. The highest BCUT2D eigenvalue weighted by molar-refractivity contribution is 7.15. The Morgan fingerprint density at radius 1 is 1.07 bits per heavy atom. The Bertz CT molecular complexity index is 1060. The number of aromatic nitrogens is 1. The third-order valence-electron chi connectivity index (χ3n) is 4.96. The summed E-state index contributed by atoms with van der Waals surface area (Å²) in [7, 11) is 0. The summed E-state index contributed by atoms with van der Waals surface area (Å²) in [6.07, 6.45) is -0.310. The average Bonchev–Trinajstić information content (AvgIpc) is 3.17. The van der Waals surface area contributed by atoms with Crippen molar-refractivity contribution < 1.29 is 23.1 Å². The van der Waals surface area contributed by atoms with Crippen LogP contribution in [0.2, 0.25) is 0 Å². The second-order valence-corrected chi connectivity index (χ2v) is 8.18. The van der Waals surface area contributed by atoms with Crippen molar-refractivity contribution in [2.75, 3.05) is 10.6 Å². The molecule has 0 spiro atoms. The molecule has 2 amide bonds. The molecule has 0 radical (unpaired) electrons. The number of anilines is 2. The third kappa shape index (κ3) is 4.31. The predicted octanol–water partition coefficient (Wildman–Crippen LogP) is 5.84. The molecule has 0 bridgehead atoms. The van der Waals surface area contributed by atoms with Gasteiger partial charge in [0, 0.05) is 17.6 Å². The first-order valence-electron chi connectivity index (χ1n) is 9.27. The summed E-state index contributed by atoms with van der Waals surface area (Å²) in [6, 6.07) is 10.8. The lowest BCUT2D eigenvalue weighted by molar-refractivity contribution is -0.137. The molecule has 1 heterocycles. The summed E-state index contributed by atoms with van der Waals surface area (Å²) < 4.78 is 38.3. The van der Waals surface area contributed by atoms with Gasteiger partial charge in [-0.05, 0) is 55.2 Å². The van der Waals surface area contributed by atoms with Crippen LogP contribution in [0.5, 0.6) is 0 Å². The molecule has 0 aliphatic heterocycles. The molecule has 2 aromatic carbocycles. The summed E-state index contributed by atoms with van der Waals surface area (Å²) in [5, 5.41) is 16.1. The van der Waals surface area contributed by atoms with E-state index in [1.807, 2.05) is 12.1 Å². The van der Waals surface area contributed by atoms with Crippen molar-refractivity contribution in [1.29, 1.82) is 0 Å². The first kappa shape index (κ1) is 20.4. The molecule has 0 unspecified atom stereocenters. The molecule has 0 atom stereocenters. The zero-order chi connectivity index (χ0) is 21.4. The fourth-order valence-electron chi connectivity index (χ4n) is 3.13. The van der Waals surface area contributed by atoms with E-state index in [2.05, 4.69) is 15.6 Å². The molecule has 1 aromatic heterocycles. The van der Waals surface area contributed by atoms with E-state index in [-0.39, 0.29) is 5.69 Å². The van der Waals surface area contributed by atoms with Crippen molar-refractivity contribution >= 4 is 28.7 Å². The van der Waals surface area contributed by atoms with E-state index < -0.39 is 23.4 Å². The second kappa shape index (κ2) is 7.73. The molecule has 3 N–H and O–H groups in total. The van der Waals surface area contributed by atoms with Gasteiger partial charge in [-0.1, -0.05) is 18.2 Å². The van der Waals surface area contributed by atoms with E-state index in [1.54, 1.807) is 18.3 Å². The second-order valence-electron chi connectivity index (χ2n) is 7.15. The summed E-state index contributed by atoms with van der Waals surface area (Å²) in [5.41, 5.74) is -0.201. The molecule has 1 fully saturated rings. The zero-order valence-corrected chi connectivity index (χ0v) is 16.5. The minimum atomic E-state index is -4.48. The lowest BCUT2D eigenvalue weighted by Gasteiger charge is -2.34. The highest BCUT2D eigenvalue weighted by atomic mass is 32.1. The Morgan fingerprint density at radius 2 is 1.77 bits per heavy atom. The SMILES string of the molecule is O=C(Nc1ccc(-c2cnc(C3(O)CCC3)s2)cc1)Nc1cccc(C(F)(F)F)c1. The molecule has 1 aliphatic rings. The van der Waals surface area contributed by atoms with E-state index in [0.717, 1.165) is 41.8 Å². The number of rotatable bonds is 4. The number of nitrogens with one attached hydrogen (secondary N) is 2. The van der Waals surface area contributed by atoms with E-state index in [0.29, 0.717) is 10.7 Å². The van der Waals surface area contributed by atoms with Gasteiger partial charge in [0.05, 0.1) is 10.4 Å². The predicted molar refractivity (Wildman–Crippen MR) is 109 cm³/mol. The molecular formula is C21H18F3N3O2S. The quantitative estimate of drug-likeness (QED) is 0.484. The number of amides is 2. The summed E-state index contributed by atoms with van der Waals surface area (Å²) >= 11 is 1.44. The number of thiazole rings is 1. The number of urea groups is 1. The van der Waals surface area contributed by atoms with E-state index >= 15 is 0 Å². The van der Waals surface area contributed by atoms with Gasteiger partial charge in [0.2, 0.25) is 0 Å². The number of hydrogen-bond donors (Lipinski definition) is 3. The van der Waals surface area contributed by atoms with Crippen LogP contribution in [0.15, 0.2) is 54.7 Å². The Hall–Kier alpha value is -2.91. The van der Waals surface area contributed by atoms with Crippen LogP contribution in [0, 0.1) is 0 Å². The molecule has 30 heavy (non-hydrogen) atoms. The van der Waals surface area contributed by atoms with Crippen molar-refractivity contribution in [3.63, 3.8) is 0 Å². The van der Waals surface area contributed by atoms with Crippen LogP contribution in [0.1, 0.15) is 29.8 Å². The van der Waals surface area contributed by atoms with E-state index in [9.17, 15) is 23.1 Å². The molecule has 1 aliphatic carbocycles. The normalized spacial score (nSPS) is 15.3. The Kier molecular flexibility index (Phi) is 5.25. The maximum Gasteiger partial charge on any atom is 0.416 e. The van der Waals surface area contributed by atoms with Crippen LogP contribution in [0.25, 0.3) is 10.4 Å². The minimum absolute atomic E-state index is 0.0464. The van der Waals surface area contributed by atoms with Crippen molar-refractivity contribution in [3.8, 4) is 10.4 Å². The van der Waals surface area contributed by atoms with Crippen LogP contribution in [0.3, 0.4) is 0 Å². The number of alkyl halides is 3. The summed E-state index contributed by atoms with van der Waals surface area (Å²) in [6.45, 7) is 0. The van der Waals surface area contributed by atoms with E-state index in [1.165, 1.54) is 23.5 Å². The van der Waals surface area contributed by atoms with Gasteiger partial charge in [-0.3, -0.25) is 0 Å². The van der Waals surface area contributed by atoms with Gasteiger partial charge < -0.3 is 15.7 Å². The van der Waals surface area contributed by atoms with Gasteiger partial charge in [-0.2, -0.15) is 13.2 Å². The first-order chi connectivity index (χ1) is 14.2.